The van der Waals surface area contributed by atoms with Crippen LogP contribution in [0.2, 0.25) is 0 Å². The van der Waals surface area contributed by atoms with Gasteiger partial charge in [-0.1, -0.05) is 17.3 Å². The van der Waals surface area contributed by atoms with E-state index in [1.165, 1.54) is 11.6 Å². The second kappa shape index (κ2) is 10.9. The maximum absolute atomic E-state index is 13.8. The molecule has 8 heteroatoms. The zero-order valence-electron chi connectivity index (χ0n) is 20.2. The molecule has 0 spiro atoms. The summed E-state index contributed by atoms with van der Waals surface area (Å²) in [5.41, 5.74) is 3.55. The van der Waals surface area contributed by atoms with Gasteiger partial charge >= 0.3 is 0 Å². The van der Waals surface area contributed by atoms with Crippen molar-refractivity contribution in [3.8, 4) is 0 Å². The van der Waals surface area contributed by atoms with Crippen LogP contribution in [0.25, 0.3) is 0 Å². The van der Waals surface area contributed by atoms with Crippen LogP contribution in [0.1, 0.15) is 61.0 Å². The van der Waals surface area contributed by atoms with Crippen LogP contribution in [-0.4, -0.2) is 39.9 Å². The van der Waals surface area contributed by atoms with Crippen LogP contribution in [-0.2, 0) is 11.9 Å². The number of halogens is 2. The molecule has 1 aromatic carbocycles. The highest BCUT2D eigenvalue weighted by Gasteiger charge is 2.25. The minimum Gasteiger partial charge on any atom is -0.396 e. The third-order valence-corrected chi connectivity index (χ3v) is 6.65. The van der Waals surface area contributed by atoms with Gasteiger partial charge in [-0.05, 0) is 81.1 Å². The third kappa shape index (κ3) is 5.65. The maximum Gasteiger partial charge on any atom is 0.250 e. The zero-order chi connectivity index (χ0) is 24.9. The molecule has 6 nitrogen and oxygen atoms in total. The maximum atomic E-state index is 13.8. The lowest BCUT2D eigenvalue weighted by Crippen LogP contribution is -2.35. The van der Waals surface area contributed by atoms with E-state index in [0.717, 1.165) is 43.6 Å². The second-order valence-corrected chi connectivity index (χ2v) is 8.86. The van der Waals surface area contributed by atoms with Gasteiger partial charge in [-0.15, -0.1) is 0 Å². The highest BCUT2D eigenvalue weighted by molar-refractivity contribution is 6.11. The largest absolute Gasteiger partial charge is 0.396 e. The second-order valence-electron chi connectivity index (χ2n) is 8.86. The highest BCUT2D eigenvalue weighted by atomic mass is 19.2. The van der Waals surface area contributed by atoms with Gasteiger partial charge in [0.1, 0.15) is 12.3 Å². The summed E-state index contributed by atoms with van der Waals surface area (Å²) in [6.07, 6.45) is 5.80. The summed E-state index contributed by atoms with van der Waals surface area (Å²) in [5, 5.41) is 4.10. The fourth-order valence-electron chi connectivity index (χ4n) is 4.50. The van der Waals surface area contributed by atoms with Gasteiger partial charge in [0, 0.05) is 37.1 Å². The molecule has 2 aromatic heterocycles. The predicted molar refractivity (Wildman–Crippen MR) is 132 cm³/mol. The van der Waals surface area contributed by atoms with Crippen LogP contribution in [0, 0.1) is 11.6 Å². The van der Waals surface area contributed by atoms with Crippen LogP contribution in [0.15, 0.2) is 64.8 Å². The van der Waals surface area contributed by atoms with E-state index in [1.54, 1.807) is 30.8 Å². The van der Waals surface area contributed by atoms with E-state index in [1.807, 2.05) is 24.4 Å². The lowest BCUT2D eigenvalue weighted by atomic mass is 9.89. The SMILES string of the molecule is CCON=C(c1ccc(F)c(F)c1)c1ccc(C(C)N2CCC(c3ccc(=O)n(C)c3)CC2)cn1. The number of aromatic nitrogens is 2. The van der Waals surface area contributed by atoms with Crippen molar-refractivity contribution >= 4 is 5.71 Å². The molecule has 3 heterocycles. The summed E-state index contributed by atoms with van der Waals surface area (Å²) in [5.74, 6) is -1.42. The van der Waals surface area contributed by atoms with Crippen LogP contribution < -0.4 is 5.56 Å². The van der Waals surface area contributed by atoms with Gasteiger partial charge in [-0.3, -0.25) is 14.7 Å². The normalized spacial score (nSPS) is 16.3. The van der Waals surface area contributed by atoms with E-state index in [2.05, 4.69) is 22.0 Å². The quantitative estimate of drug-likeness (QED) is 0.361. The molecule has 3 aromatic rings. The molecule has 0 bridgehead atoms. The zero-order valence-corrected chi connectivity index (χ0v) is 20.2. The van der Waals surface area contributed by atoms with Crippen molar-refractivity contribution in [2.45, 2.75) is 38.6 Å². The fourth-order valence-corrected chi connectivity index (χ4v) is 4.50. The Balaban J connectivity index is 1.46. The first-order valence-corrected chi connectivity index (χ1v) is 11.9. The average molecular weight is 481 g/mol. The van der Waals surface area contributed by atoms with Gasteiger partial charge in [0.05, 0.1) is 5.69 Å². The van der Waals surface area contributed by atoms with Gasteiger partial charge in [-0.2, -0.15) is 0 Å². The number of pyridine rings is 2. The molecule has 0 amide bonds. The molecule has 184 valence electrons. The molecule has 0 aliphatic carbocycles. The van der Waals surface area contributed by atoms with E-state index < -0.39 is 11.6 Å². The van der Waals surface area contributed by atoms with Gasteiger partial charge in [-0.25, -0.2) is 8.78 Å². The number of likely N-dealkylation sites (tertiary alicyclic amines) is 1. The molecule has 1 unspecified atom stereocenters. The van der Waals surface area contributed by atoms with Crippen molar-refractivity contribution in [3.63, 3.8) is 0 Å². The Bertz CT molecular complexity index is 1250. The van der Waals surface area contributed by atoms with Gasteiger partial charge in [0.15, 0.2) is 11.6 Å². The number of aryl methyl sites for hydroxylation is 1. The van der Waals surface area contributed by atoms with E-state index in [4.69, 9.17) is 4.84 Å². The van der Waals surface area contributed by atoms with Crippen molar-refractivity contribution in [2.75, 3.05) is 19.7 Å². The van der Waals surface area contributed by atoms with Gasteiger partial charge < -0.3 is 9.40 Å². The molecule has 0 radical (unpaired) electrons. The van der Waals surface area contributed by atoms with Crippen LogP contribution >= 0.6 is 0 Å². The first kappa shape index (κ1) is 24.7. The number of benzene rings is 1. The van der Waals surface area contributed by atoms with Crippen molar-refractivity contribution < 1.29 is 13.6 Å². The van der Waals surface area contributed by atoms with Crippen LogP contribution in [0.5, 0.6) is 0 Å². The lowest BCUT2D eigenvalue weighted by Gasteiger charge is -2.36. The molecule has 1 atom stereocenters. The summed E-state index contributed by atoms with van der Waals surface area (Å²) in [4.78, 5) is 23.9. The van der Waals surface area contributed by atoms with Crippen LogP contribution in [0.4, 0.5) is 8.78 Å². The van der Waals surface area contributed by atoms with Gasteiger partial charge in [0.2, 0.25) is 5.56 Å². The Hall–Kier alpha value is -3.39. The highest BCUT2D eigenvalue weighted by Crippen LogP contribution is 2.31. The molecule has 1 aliphatic heterocycles. The third-order valence-electron chi connectivity index (χ3n) is 6.65. The lowest BCUT2D eigenvalue weighted by molar-refractivity contribution is 0.159. The predicted octanol–water partition coefficient (Wildman–Crippen LogP) is 4.79. The van der Waals surface area contributed by atoms with E-state index in [9.17, 15) is 13.6 Å². The Morgan fingerprint density at radius 2 is 1.91 bits per heavy atom. The Kier molecular flexibility index (Phi) is 7.70. The number of nitrogens with zero attached hydrogens (tertiary/aromatic N) is 4. The molecule has 0 N–H and O–H groups in total. The summed E-state index contributed by atoms with van der Waals surface area (Å²) in [6, 6.07) is 11.2. The Morgan fingerprint density at radius 3 is 2.54 bits per heavy atom. The average Bonchev–Trinajstić information content (AvgIpc) is 2.88. The fraction of sp³-hybridized carbons (Fsp3) is 0.370. The van der Waals surface area contributed by atoms with Crippen molar-refractivity contribution in [1.82, 2.24) is 14.5 Å². The molecule has 4 rings (SSSR count). The molecular weight excluding hydrogens is 450 g/mol. The molecule has 0 saturated carbocycles. The molecule has 1 aliphatic rings. The smallest absolute Gasteiger partial charge is 0.250 e. The first-order chi connectivity index (χ1) is 16.9. The van der Waals surface area contributed by atoms with E-state index in [-0.39, 0.29) is 11.6 Å². The number of piperidine rings is 1. The standard InChI is InChI=1S/C27H30F2N4O2/c1-4-35-31-27(20-5-8-23(28)24(29)15-20)25-9-6-21(16-30-25)18(2)33-13-11-19(12-14-33)22-7-10-26(34)32(3)17-22/h5-10,15-19H,4,11-14H2,1-3H3. The molecule has 1 saturated heterocycles. The summed E-state index contributed by atoms with van der Waals surface area (Å²) in [6.45, 7) is 6.20. The minimum absolute atomic E-state index is 0.00905. The molecule has 1 fully saturated rings. The summed E-state index contributed by atoms with van der Waals surface area (Å²) >= 11 is 0. The van der Waals surface area contributed by atoms with E-state index >= 15 is 0 Å². The van der Waals surface area contributed by atoms with Crippen molar-refractivity contribution in [1.29, 1.82) is 0 Å². The Morgan fingerprint density at radius 1 is 1.14 bits per heavy atom. The van der Waals surface area contributed by atoms with Crippen molar-refractivity contribution in [3.05, 3.63) is 99.2 Å². The number of hydrogen-bond acceptors (Lipinski definition) is 5. The minimum atomic E-state index is -0.946. The number of oxime groups is 1. The number of hydrogen-bond donors (Lipinski definition) is 0. The summed E-state index contributed by atoms with van der Waals surface area (Å²) in [7, 11) is 1.79. The Labute approximate surface area is 203 Å². The van der Waals surface area contributed by atoms with E-state index in [0.29, 0.717) is 29.5 Å². The first-order valence-electron chi connectivity index (χ1n) is 11.9. The monoisotopic (exact) mass is 480 g/mol. The van der Waals surface area contributed by atoms with Crippen LogP contribution in [0.3, 0.4) is 0 Å². The topological polar surface area (TPSA) is 59.7 Å². The number of rotatable bonds is 7. The molecule has 35 heavy (non-hydrogen) atoms. The van der Waals surface area contributed by atoms with Crippen molar-refractivity contribution in [2.24, 2.45) is 12.2 Å². The van der Waals surface area contributed by atoms with Gasteiger partial charge in [0.25, 0.3) is 0 Å². The summed E-state index contributed by atoms with van der Waals surface area (Å²) < 4.78 is 28.9. The molecular formula is C27H30F2N4O2.